The molecule has 0 aliphatic carbocycles. The number of hydrogen-bond acceptors (Lipinski definition) is 1. The molecule has 0 atom stereocenters. The van der Waals surface area contributed by atoms with E-state index in [1.807, 2.05) is 0 Å². The van der Waals surface area contributed by atoms with E-state index in [1.165, 1.54) is 27.1 Å². The summed E-state index contributed by atoms with van der Waals surface area (Å²) in [5, 5.41) is 4.90. The third kappa shape index (κ3) is 2.46. The number of nitrogens with zero attached hydrogens (tertiary/aromatic N) is 2. The molecule has 0 saturated carbocycles. The van der Waals surface area contributed by atoms with Gasteiger partial charge in [-0.25, -0.2) is 4.98 Å². The van der Waals surface area contributed by atoms with Crippen LogP contribution in [0.5, 0.6) is 0 Å². The second-order valence-electron chi connectivity index (χ2n) is 7.29. The lowest BCUT2D eigenvalue weighted by Crippen LogP contribution is -1.98. The van der Waals surface area contributed by atoms with Crippen molar-refractivity contribution in [3.8, 4) is 17.1 Å². The van der Waals surface area contributed by atoms with Crippen molar-refractivity contribution in [2.75, 3.05) is 0 Å². The monoisotopic (exact) mass is 370 g/mol. The Hall–Kier alpha value is -3.91. The van der Waals surface area contributed by atoms with Crippen LogP contribution in [0.4, 0.5) is 0 Å². The van der Waals surface area contributed by atoms with Crippen molar-refractivity contribution in [3.05, 3.63) is 109 Å². The second-order valence-corrected chi connectivity index (χ2v) is 7.29. The molecule has 0 fully saturated rings. The Morgan fingerprint density at radius 3 is 1.86 bits per heavy atom. The molecule has 0 saturated heterocycles. The van der Waals surface area contributed by atoms with Gasteiger partial charge in [0.25, 0.3) is 0 Å². The van der Waals surface area contributed by atoms with Crippen molar-refractivity contribution >= 4 is 32.6 Å². The molecule has 0 spiro atoms. The molecule has 6 aromatic rings. The average Bonchev–Trinajstić information content (AvgIpc) is 3.17. The van der Waals surface area contributed by atoms with Crippen LogP contribution in [-0.2, 0) is 0 Å². The topological polar surface area (TPSA) is 17.8 Å². The van der Waals surface area contributed by atoms with Crippen LogP contribution in [0.1, 0.15) is 0 Å². The summed E-state index contributed by atoms with van der Waals surface area (Å²) in [6.45, 7) is 0. The molecular formula is C27H18N2. The predicted octanol–water partition coefficient (Wildman–Crippen LogP) is 7.00. The highest BCUT2D eigenvalue weighted by Gasteiger charge is 2.18. The van der Waals surface area contributed by atoms with Gasteiger partial charge in [0, 0.05) is 11.3 Å². The maximum Gasteiger partial charge on any atom is 0.146 e. The largest absolute Gasteiger partial charge is 0.292 e. The maximum absolute atomic E-state index is 5.12. The minimum Gasteiger partial charge on any atom is -0.292 e. The summed E-state index contributed by atoms with van der Waals surface area (Å²) >= 11 is 0. The highest BCUT2D eigenvalue weighted by molar-refractivity contribution is 6.12. The molecule has 0 N–H and O–H groups in total. The van der Waals surface area contributed by atoms with E-state index in [4.69, 9.17) is 4.98 Å². The number of rotatable bonds is 2. The van der Waals surface area contributed by atoms with Crippen LogP contribution < -0.4 is 0 Å². The smallest absolute Gasteiger partial charge is 0.146 e. The van der Waals surface area contributed by atoms with Crippen molar-refractivity contribution in [1.29, 1.82) is 0 Å². The van der Waals surface area contributed by atoms with Crippen molar-refractivity contribution < 1.29 is 0 Å². The highest BCUT2D eigenvalue weighted by atomic mass is 15.1. The van der Waals surface area contributed by atoms with E-state index in [1.54, 1.807) is 0 Å². The SMILES string of the molecule is c1ccc(-n2c(-c3c4ccccc4cc4ccccc34)nc3ccccc32)cc1. The molecule has 0 aliphatic rings. The second kappa shape index (κ2) is 6.32. The Bertz CT molecular complexity index is 1440. The summed E-state index contributed by atoms with van der Waals surface area (Å²) in [5.74, 6) is 0.977. The summed E-state index contributed by atoms with van der Waals surface area (Å²) in [7, 11) is 0. The quantitative estimate of drug-likeness (QED) is 0.300. The van der Waals surface area contributed by atoms with Crippen LogP contribution in [-0.4, -0.2) is 9.55 Å². The number of aromatic nitrogens is 2. The summed E-state index contributed by atoms with van der Waals surface area (Å²) in [5.41, 5.74) is 4.42. The first-order valence-electron chi connectivity index (χ1n) is 9.84. The standard InChI is InChI=1S/C27H18N2/c1-2-12-21(13-3-1)29-25-17-9-8-16-24(25)28-27(29)26-22-14-6-4-10-19(22)18-20-11-5-7-15-23(20)26/h1-18H. The van der Waals surface area contributed by atoms with E-state index in [0.717, 1.165) is 22.5 Å². The van der Waals surface area contributed by atoms with E-state index in [9.17, 15) is 0 Å². The lowest BCUT2D eigenvalue weighted by Gasteiger charge is -2.14. The van der Waals surface area contributed by atoms with Gasteiger partial charge in [0.15, 0.2) is 0 Å². The van der Waals surface area contributed by atoms with Crippen LogP contribution in [0.2, 0.25) is 0 Å². The molecule has 0 bridgehead atoms. The maximum atomic E-state index is 5.12. The molecule has 2 heteroatoms. The molecule has 6 rings (SSSR count). The third-order valence-corrected chi connectivity index (χ3v) is 5.57. The van der Waals surface area contributed by atoms with Gasteiger partial charge in [0.2, 0.25) is 0 Å². The lowest BCUT2D eigenvalue weighted by molar-refractivity contribution is 1.11. The molecule has 1 aromatic heterocycles. The summed E-state index contributed by atoms with van der Waals surface area (Å²) in [6.07, 6.45) is 0. The number of para-hydroxylation sites is 3. The zero-order valence-electron chi connectivity index (χ0n) is 15.8. The molecule has 5 aromatic carbocycles. The predicted molar refractivity (Wildman–Crippen MR) is 122 cm³/mol. The third-order valence-electron chi connectivity index (χ3n) is 5.57. The van der Waals surface area contributed by atoms with Gasteiger partial charge in [-0.3, -0.25) is 4.57 Å². The van der Waals surface area contributed by atoms with Crippen LogP contribution in [0, 0.1) is 0 Å². The first-order valence-corrected chi connectivity index (χ1v) is 9.84. The normalized spacial score (nSPS) is 11.4. The highest BCUT2D eigenvalue weighted by Crippen LogP contribution is 2.38. The van der Waals surface area contributed by atoms with Gasteiger partial charge < -0.3 is 0 Å². The van der Waals surface area contributed by atoms with Gasteiger partial charge in [0.1, 0.15) is 5.82 Å². The molecular weight excluding hydrogens is 352 g/mol. The fourth-order valence-electron chi connectivity index (χ4n) is 4.29. The van der Waals surface area contributed by atoms with Crippen LogP contribution in [0.25, 0.3) is 49.7 Å². The molecule has 0 amide bonds. The summed E-state index contributed by atoms with van der Waals surface area (Å²) in [4.78, 5) is 5.12. The Kier molecular flexibility index (Phi) is 3.50. The Labute approximate surface area is 168 Å². The Morgan fingerprint density at radius 2 is 1.14 bits per heavy atom. The molecule has 136 valence electrons. The van der Waals surface area contributed by atoms with Crippen LogP contribution >= 0.6 is 0 Å². The Morgan fingerprint density at radius 1 is 0.552 bits per heavy atom. The van der Waals surface area contributed by atoms with Gasteiger partial charge in [-0.2, -0.15) is 0 Å². The molecule has 1 heterocycles. The van der Waals surface area contributed by atoms with Crippen LogP contribution in [0.15, 0.2) is 109 Å². The molecule has 2 nitrogen and oxygen atoms in total. The first-order chi connectivity index (χ1) is 14.4. The van der Waals surface area contributed by atoms with Gasteiger partial charge in [0.05, 0.1) is 11.0 Å². The fraction of sp³-hybridized carbons (Fsp3) is 0. The van der Waals surface area contributed by atoms with Crippen molar-refractivity contribution in [2.45, 2.75) is 0 Å². The Balaban J connectivity index is 1.83. The van der Waals surface area contributed by atoms with E-state index < -0.39 is 0 Å². The zero-order valence-corrected chi connectivity index (χ0v) is 15.8. The fourth-order valence-corrected chi connectivity index (χ4v) is 4.29. The molecule has 0 unspecified atom stereocenters. The number of fused-ring (bicyclic) bond motifs is 3. The summed E-state index contributed by atoms with van der Waals surface area (Å²) in [6, 6.07) is 38.3. The van der Waals surface area contributed by atoms with Crippen LogP contribution in [0.3, 0.4) is 0 Å². The lowest BCUT2D eigenvalue weighted by atomic mass is 9.96. The number of imidazole rings is 1. The number of hydrogen-bond donors (Lipinski definition) is 0. The molecule has 0 radical (unpaired) electrons. The molecule has 0 aliphatic heterocycles. The van der Waals surface area contributed by atoms with Crippen molar-refractivity contribution in [3.63, 3.8) is 0 Å². The van der Waals surface area contributed by atoms with Crippen molar-refractivity contribution in [1.82, 2.24) is 9.55 Å². The average molecular weight is 370 g/mol. The van der Waals surface area contributed by atoms with E-state index in [2.05, 4.69) is 114 Å². The zero-order chi connectivity index (χ0) is 19.2. The van der Waals surface area contributed by atoms with E-state index >= 15 is 0 Å². The van der Waals surface area contributed by atoms with Crippen molar-refractivity contribution in [2.24, 2.45) is 0 Å². The number of benzene rings is 5. The van der Waals surface area contributed by atoms with Gasteiger partial charge in [-0.15, -0.1) is 0 Å². The minimum absolute atomic E-state index is 0.977. The van der Waals surface area contributed by atoms with Gasteiger partial charge in [-0.05, 0) is 51.9 Å². The van der Waals surface area contributed by atoms with E-state index in [-0.39, 0.29) is 0 Å². The summed E-state index contributed by atoms with van der Waals surface area (Å²) < 4.78 is 2.28. The molecule has 29 heavy (non-hydrogen) atoms. The van der Waals surface area contributed by atoms with E-state index in [0.29, 0.717) is 0 Å². The van der Waals surface area contributed by atoms with Gasteiger partial charge in [-0.1, -0.05) is 78.9 Å². The minimum atomic E-state index is 0.977. The van der Waals surface area contributed by atoms with Gasteiger partial charge >= 0.3 is 0 Å². The first kappa shape index (κ1) is 16.1.